The Morgan fingerprint density at radius 3 is 2.44 bits per heavy atom. The molecule has 0 radical (unpaired) electrons. The summed E-state index contributed by atoms with van der Waals surface area (Å²) in [7, 11) is 1.75. The van der Waals surface area contributed by atoms with Crippen molar-refractivity contribution in [3.63, 3.8) is 0 Å². The first-order chi connectivity index (χ1) is 4.13. The Hall–Kier alpha value is -0.830. The third kappa shape index (κ3) is 7.17. The van der Waals surface area contributed by atoms with E-state index in [1.54, 1.807) is 19.4 Å². The van der Waals surface area contributed by atoms with E-state index in [1.807, 2.05) is 13.8 Å². The van der Waals surface area contributed by atoms with Crippen LogP contribution < -0.4 is 5.84 Å². The lowest BCUT2D eigenvalue weighted by Gasteiger charge is -2.00. The Morgan fingerprint density at radius 1 is 1.56 bits per heavy atom. The van der Waals surface area contributed by atoms with Gasteiger partial charge in [0, 0.05) is 25.2 Å². The maximum absolute atomic E-state index is 5.26. The van der Waals surface area contributed by atoms with Crippen LogP contribution in [0.1, 0.15) is 13.8 Å². The van der Waals surface area contributed by atoms with Crippen molar-refractivity contribution in [2.75, 3.05) is 7.05 Å². The summed E-state index contributed by atoms with van der Waals surface area (Å²) in [6.45, 7) is 3.86. The zero-order chi connectivity index (χ0) is 7.28. The molecular formula is C6H13N3. The zero-order valence-electron chi connectivity index (χ0n) is 6.13. The van der Waals surface area contributed by atoms with Crippen molar-refractivity contribution in [1.29, 1.82) is 0 Å². The van der Waals surface area contributed by atoms with E-state index in [4.69, 9.17) is 5.84 Å². The summed E-state index contributed by atoms with van der Waals surface area (Å²) >= 11 is 0. The van der Waals surface area contributed by atoms with Crippen molar-refractivity contribution >= 4 is 5.71 Å². The van der Waals surface area contributed by atoms with Gasteiger partial charge in [0.05, 0.1) is 0 Å². The molecule has 0 aromatic carbocycles. The Balaban J connectivity index is 3.60. The van der Waals surface area contributed by atoms with Gasteiger partial charge in [-0.05, 0) is 13.8 Å². The molecule has 0 aliphatic heterocycles. The molecule has 0 rings (SSSR count). The second-order valence-electron chi connectivity index (χ2n) is 2.04. The lowest BCUT2D eigenvalue weighted by molar-refractivity contribution is 0.484. The Bertz CT molecular complexity index is 120. The summed E-state index contributed by atoms with van der Waals surface area (Å²) in [4.78, 5) is 3.98. The van der Waals surface area contributed by atoms with E-state index in [2.05, 4.69) is 4.99 Å². The average Bonchev–Trinajstić information content (AvgIpc) is 1.63. The van der Waals surface area contributed by atoms with Crippen molar-refractivity contribution in [2.24, 2.45) is 10.8 Å². The summed E-state index contributed by atoms with van der Waals surface area (Å²) in [6.07, 6.45) is 3.35. The highest BCUT2D eigenvalue weighted by Gasteiger charge is 1.73. The molecule has 0 amide bonds. The molecular weight excluding hydrogens is 114 g/mol. The van der Waals surface area contributed by atoms with Gasteiger partial charge in [0.1, 0.15) is 0 Å². The molecule has 3 nitrogen and oxygen atoms in total. The fourth-order valence-corrected chi connectivity index (χ4v) is 0.288. The summed E-state index contributed by atoms with van der Waals surface area (Å²) in [5, 5.41) is 1.45. The van der Waals surface area contributed by atoms with Gasteiger partial charge in [0.25, 0.3) is 0 Å². The standard InChI is InChI=1S/C6H13N3/c1-6(2)8-4-5-9(3)7/h4-5H,7H2,1-3H3/b5-4+. The van der Waals surface area contributed by atoms with Crippen molar-refractivity contribution in [3.8, 4) is 0 Å². The molecule has 52 valence electrons. The smallest absolute Gasteiger partial charge is 0.0440 e. The molecule has 9 heavy (non-hydrogen) atoms. The van der Waals surface area contributed by atoms with Gasteiger partial charge in [0.15, 0.2) is 0 Å². The lowest BCUT2D eigenvalue weighted by Crippen LogP contribution is -2.18. The minimum absolute atomic E-state index is 1.02. The van der Waals surface area contributed by atoms with Crippen LogP contribution in [0.3, 0.4) is 0 Å². The highest BCUT2D eigenvalue weighted by Crippen LogP contribution is 1.78. The molecule has 0 aromatic heterocycles. The SMILES string of the molecule is CC(C)=N/C=C/N(C)N. The van der Waals surface area contributed by atoms with E-state index in [-0.39, 0.29) is 0 Å². The van der Waals surface area contributed by atoms with E-state index in [0.717, 1.165) is 5.71 Å². The molecule has 0 aliphatic rings. The first-order valence-corrected chi connectivity index (χ1v) is 2.78. The van der Waals surface area contributed by atoms with Gasteiger partial charge in [-0.25, -0.2) is 5.84 Å². The minimum Gasteiger partial charge on any atom is -0.320 e. The van der Waals surface area contributed by atoms with E-state index in [1.165, 1.54) is 5.01 Å². The molecule has 0 saturated carbocycles. The quantitative estimate of drug-likeness (QED) is 0.338. The first-order valence-electron chi connectivity index (χ1n) is 2.78. The van der Waals surface area contributed by atoms with Crippen LogP contribution in [0.25, 0.3) is 0 Å². The van der Waals surface area contributed by atoms with E-state index < -0.39 is 0 Å². The maximum atomic E-state index is 5.26. The van der Waals surface area contributed by atoms with E-state index in [9.17, 15) is 0 Å². The predicted octanol–water partition coefficient (Wildman–Crippen LogP) is 0.744. The van der Waals surface area contributed by atoms with Crippen LogP contribution in [0, 0.1) is 0 Å². The molecule has 0 spiro atoms. The van der Waals surface area contributed by atoms with Gasteiger partial charge >= 0.3 is 0 Å². The fraction of sp³-hybridized carbons (Fsp3) is 0.500. The normalized spacial score (nSPS) is 9.78. The molecule has 0 aromatic rings. The average molecular weight is 127 g/mol. The number of nitrogens with zero attached hydrogens (tertiary/aromatic N) is 2. The van der Waals surface area contributed by atoms with Crippen molar-refractivity contribution in [2.45, 2.75) is 13.8 Å². The van der Waals surface area contributed by atoms with Crippen LogP contribution in [0.15, 0.2) is 17.4 Å². The van der Waals surface area contributed by atoms with Crippen LogP contribution in [0.2, 0.25) is 0 Å². The van der Waals surface area contributed by atoms with Gasteiger partial charge in [-0.1, -0.05) is 0 Å². The van der Waals surface area contributed by atoms with Crippen LogP contribution in [0.5, 0.6) is 0 Å². The molecule has 0 aliphatic carbocycles. The Kier molecular flexibility index (Phi) is 3.71. The van der Waals surface area contributed by atoms with Crippen LogP contribution in [-0.2, 0) is 0 Å². The molecule has 0 saturated heterocycles. The maximum Gasteiger partial charge on any atom is 0.0440 e. The second-order valence-corrected chi connectivity index (χ2v) is 2.04. The predicted molar refractivity (Wildman–Crippen MR) is 39.9 cm³/mol. The summed E-state index contributed by atoms with van der Waals surface area (Å²) in [5.74, 6) is 5.26. The number of hydrogen-bond donors (Lipinski definition) is 1. The zero-order valence-corrected chi connectivity index (χ0v) is 6.13. The second kappa shape index (κ2) is 4.09. The summed E-state index contributed by atoms with van der Waals surface area (Å²) < 4.78 is 0. The summed E-state index contributed by atoms with van der Waals surface area (Å²) in [6, 6.07) is 0. The monoisotopic (exact) mass is 127 g/mol. The largest absolute Gasteiger partial charge is 0.320 e. The number of hydrogen-bond acceptors (Lipinski definition) is 3. The van der Waals surface area contributed by atoms with Crippen molar-refractivity contribution in [1.82, 2.24) is 5.01 Å². The Morgan fingerprint density at radius 2 is 2.11 bits per heavy atom. The van der Waals surface area contributed by atoms with Gasteiger partial charge < -0.3 is 5.01 Å². The van der Waals surface area contributed by atoms with Gasteiger partial charge in [-0.3, -0.25) is 4.99 Å². The Labute approximate surface area is 55.8 Å². The molecule has 0 fully saturated rings. The van der Waals surface area contributed by atoms with Gasteiger partial charge in [0.2, 0.25) is 0 Å². The fourth-order valence-electron chi connectivity index (χ4n) is 0.288. The van der Waals surface area contributed by atoms with E-state index >= 15 is 0 Å². The van der Waals surface area contributed by atoms with Crippen molar-refractivity contribution < 1.29 is 0 Å². The number of aliphatic imine (C=N–C) groups is 1. The van der Waals surface area contributed by atoms with Crippen LogP contribution in [-0.4, -0.2) is 17.8 Å². The van der Waals surface area contributed by atoms with Gasteiger partial charge in [-0.15, -0.1) is 0 Å². The minimum atomic E-state index is 1.02. The molecule has 0 bridgehead atoms. The lowest BCUT2D eigenvalue weighted by atomic mass is 10.5. The number of hydrazine groups is 1. The third-order valence-electron chi connectivity index (χ3n) is 0.635. The highest BCUT2D eigenvalue weighted by atomic mass is 15.4. The van der Waals surface area contributed by atoms with Crippen LogP contribution >= 0.6 is 0 Å². The number of nitrogens with two attached hydrogens (primary N) is 1. The summed E-state index contributed by atoms with van der Waals surface area (Å²) in [5.41, 5.74) is 1.02. The van der Waals surface area contributed by atoms with Crippen LogP contribution in [0.4, 0.5) is 0 Å². The first kappa shape index (κ1) is 8.17. The van der Waals surface area contributed by atoms with Gasteiger partial charge in [-0.2, -0.15) is 0 Å². The molecule has 3 heteroatoms. The molecule has 0 heterocycles. The molecule has 0 atom stereocenters. The van der Waals surface area contributed by atoms with E-state index in [0.29, 0.717) is 0 Å². The molecule has 2 N–H and O–H groups in total. The third-order valence-corrected chi connectivity index (χ3v) is 0.635. The number of rotatable bonds is 2. The highest BCUT2D eigenvalue weighted by molar-refractivity contribution is 5.79. The molecule has 0 unspecified atom stereocenters. The topological polar surface area (TPSA) is 41.6 Å². The van der Waals surface area contributed by atoms with Crippen molar-refractivity contribution in [3.05, 3.63) is 12.4 Å².